The molecule has 1 aromatic heterocycles. The molecule has 0 radical (unpaired) electrons. The van der Waals surface area contributed by atoms with Crippen molar-refractivity contribution in [1.82, 2.24) is 25.0 Å². The van der Waals surface area contributed by atoms with Crippen LogP contribution < -0.4 is 10.1 Å². The highest BCUT2D eigenvalue weighted by Gasteiger charge is 2.32. The molecule has 4 rings (SSSR count). The number of carbonyl (C=O) groups excluding carboxylic acids is 2. The first kappa shape index (κ1) is 21.1. The normalized spacial score (nSPS) is 17.2. The van der Waals surface area contributed by atoms with Gasteiger partial charge in [-0.2, -0.15) is 0 Å². The Hall–Kier alpha value is -3.11. The monoisotopic (exact) mass is 437 g/mol. The summed E-state index contributed by atoms with van der Waals surface area (Å²) in [5.41, 5.74) is 0.0741. The van der Waals surface area contributed by atoms with Gasteiger partial charge >= 0.3 is 6.36 Å². The number of ether oxygens (including phenoxy) is 1. The number of carbonyl (C=O) groups is 2. The topological polar surface area (TPSA) is 89.4 Å². The summed E-state index contributed by atoms with van der Waals surface area (Å²) in [6.07, 6.45) is 0.433. The van der Waals surface area contributed by atoms with Gasteiger partial charge in [0.2, 0.25) is 5.82 Å². The lowest BCUT2D eigenvalue weighted by Crippen LogP contribution is -2.41. The number of nitrogens with zero attached hydrogens (tertiary/aromatic N) is 4. The van der Waals surface area contributed by atoms with Gasteiger partial charge in [0.1, 0.15) is 5.75 Å². The second-order valence-corrected chi connectivity index (χ2v) is 7.70. The highest BCUT2D eigenvalue weighted by molar-refractivity contribution is 5.95. The van der Waals surface area contributed by atoms with Crippen molar-refractivity contribution in [3.05, 3.63) is 41.5 Å². The number of hydrogen-bond acceptors (Lipinski definition) is 5. The molecule has 166 valence electrons. The van der Waals surface area contributed by atoms with E-state index in [-0.39, 0.29) is 36.4 Å². The molecule has 1 aromatic carbocycles. The average Bonchev–Trinajstić information content (AvgIpc) is 3.16. The van der Waals surface area contributed by atoms with Crippen LogP contribution in [0.25, 0.3) is 0 Å². The van der Waals surface area contributed by atoms with Crippen LogP contribution in [0, 0.1) is 0 Å². The third-order valence-corrected chi connectivity index (χ3v) is 5.50. The number of hydrogen-bond donors (Lipinski definition) is 1. The molecule has 0 atom stereocenters. The van der Waals surface area contributed by atoms with Gasteiger partial charge in [0, 0.05) is 24.7 Å². The Morgan fingerprint density at radius 2 is 1.87 bits per heavy atom. The average molecular weight is 437 g/mol. The van der Waals surface area contributed by atoms with E-state index in [2.05, 4.69) is 20.3 Å². The summed E-state index contributed by atoms with van der Waals surface area (Å²) in [6, 6.07) is 5.08. The van der Waals surface area contributed by atoms with E-state index >= 15 is 0 Å². The summed E-state index contributed by atoms with van der Waals surface area (Å²) in [4.78, 5) is 26.9. The first-order valence-electron chi connectivity index (χ1n) is 10.2. The third kappa shape index (κ3) is 4.97. The zero-order valence-corrected chi connectivity index (χ0v) is 16.7. The van der Waals surface area contributed by atoms with Gasteiger partial charge in [0.25, 0.3) is 11.8 Å². The first-order chi connectivity index (χ1) is 14.8. The second-order valence-electron chi connectivity index (χ2n) is 7.70. The molecule has 0 saturated heterocycles. The Kier molecular flexibility index (Phi) is 5.84. The summed E-state index contributed by atoms with van der Waals surface area (Å²) in [7, 11) is 0. The fourth-order valence-electron chi connectivity index (χ4n) is 4.00. The van der Waals surface area contributed by atoms with Crippen molar-refractivity contribution in [2.75, 3.05) is 6.54 Å². The van der Waals surface area contributed by atoms with Gasteiger partial charge in [-0.1, -0.05) is 25.3 Å². The molecule has 2 aliphatic rings. The molecule has 0 bridgehead atoms. The predicted molar refractivity (Wildman–Crippen MR) is 102 cm³/mol. The van der Waals surface area contributed by atoms with Crippen LogP contribution in [0.15, 0.2) is 24.3 Å². The highest BCUT2D eigenvalue weighted by atomic mass is 19.4. The SMILES string of the molecule is O=C(NC1CCCCC1)c1nnc2n1CCN(C(=O)c1cccc(OC(F)(F)F)c1)C2. The molecule has 31 heavy (non-hydrogen) atoms. The quantitative estimate of drug-likeness (QED) is 0.795. The minimum absolute atomic E-state index is 0.0741. The van der Waals surface area contributed by atoms with Gasteiger partial charge < -0.3 is 19.5 Å². The zero-order valence-electron chi connectivity index (χ0n) is 16.7. The van der Waals surface area contributed by atoms with Crippen molar-refractivity contribution in [2.45, 2.75) is 57.6 Å². The van der Waals surface area contributed by atoms with Gasteiger partial charge in [0.15, 0.2) is 5.82 Å². The number of rotatable bonds is 4. The maximum atomic E-state index is 12.8. The van der Waals surface area contributed by atoms with Crippen LogP contribution in [-0.2, 0) is 13.1 Å². The highest BCUT2D eigenvalue weighted by Crippen LogP contribution is 2.25. The summed E-state index contributed by atoms with van der Waals surface area (Å²) < 4.78 is 42.9. The smallest absolute Gasteiger partial charge is 0.406 e. The Morgan fingerprint density at radius 3 is 2.61 bits per heavy atom. The largest absolute Gasteiger partial charge is 0.573 e. The number of amides is 2. The van der Waals surface area contributed by atoms with Crippen molar-refractivity contribution in [1.29, 1.82) is 0 Å². The summed E-state index contributed by atoms with van der Waals surface area (Å²) in [6.45, 7) is 0.699. The van der Waals surface area contributed by atoms with Crippen molar-refractivity contribution >= 4 is 11.8 Å². The lowest BCUT2D eigenvalue weighted by molar-refractivity contribution is -0.274. The fraction of sp³-hybridized carbons (Fsp3) is 0.500. The van der Waals surface area contributed by atoms with E-state index in [1.807, 2.05) is 0 Å². The fourth-order valence-corrected chi connectivity index (χ4v) is 4.00. The molecular formula is C20H22F3N5O3. The number of fused-ring (bicyclic) bond motifs is 1. The summed E-state index contributed by atoms with van der Waals surface area (Å²) in [5, 5.41) is 11.1. The van der Waals surface area contributed by atoms with Crippen molar-refractivity contribution < 1.29 is 27.5 Å². The number of halogens is 3. The van der Waals surface area contributed by atoms with Gasteiger partial charge in [0.05, 0.1) is 6.54 Å². The lowest BCUT2D eigenvalue weighted by Gasteiger charge is -2.28. The Balaban J connectivity index is 1.43. The number of alkyl halides is 3. The predicted octanol–water partition coefficient (Wildman–Crippen LogP) is 2.90. The minimum Gasteiger partial charge on any atom is -0.406 e. The zero-order chi connectivity index (χ0) is 22.0. The molecule has 2 amide bonds. The van der Waals surface area contributed by atoms with Crippen LogP contribution in [0.3, 0.4) is 0 Å². The van der Waals surface area contributed by atoms with Crippen LogP contribution >= 0.6 is 0 Å². The van der Waals surface area contributed by atoms with E-state index in [4.69, 9.17) is 0 Å². The molecule has 1 aliphatic heterocycles. The second kappa shape index (κ2) is 8.56. The third-order valence-electron chi connectivity index (χ3n) is 5.50. The number of nitrogens with one attached hydrogen (secondary N) is 1. The van der Waals surface area contributed by atoms with Gasteiger partial charge in [-0.15, -0.1) is 23.4 Å². The van der Waals surface area contributed by atoms with Crippen LogP contribution in [0.4, 0.5) is 13.2 Å². The van der Waals surface area contributed by atoms with Crippen LogP contribution in [0.5, 0.6) is 5.75 Å². The van der Waals surface area contributed by atoms with E-state index in [9.17, 15) is 22.8 Å². The maximum absolute atomic E-state index is 12.8. The Bertz CT molecular complexity index is 969. The number of benzene rings is 1. The van der Waals surface area contributed by atoms with Gasteiger partial charge in [-0.3, -0.25) is 9.59 Å². The van der Waals surface area contributed by atoms with E-state index in [1.54, 1.807) is 4.57 Å². The minimum atomic E-state index is -4.84. The standard InChI is InChI=1S/C20H22F3N5O3/c21-20(22,23)31-15-8-4-5-13(11-15)19(30)27-9-10-28-16(12-27)25-26-17(28)18(29)24-14-6-2-1-3-7-14/h4-5,8,11,14H,1-3,6-7,9-10,12H2,(H,24,29). The molecule has 1 aliphatic carbocycles. The van der Waals surface area contributed by atoms with Crippen molar-refractivity contribution in [3.63, 3.8) is 0 Å². The van der Waals surface area contributed by atoms with Gasteiger partial charge in [-0.25, -0.2) is 0 Å². The van der Waals surface area contributed by atoms with Crippen molar-refractivity contribution in [2.24, 2.45) is 0 Å². The Morgan fingerprint density at radius 1 is 1.10 bits per heavy atom. The maximum Gasteiger partial charge on any atom is 0.573 e. The van der Waals surface area contributed by atoms with Crippen LogP contribution in [0.1, 0.15) is 58.9 Å². The molecule has 0 spiro atoms. The molecule has 2 heterocycles. The summed E-state index contributed by atoms with van der Waals surface area (Å²) in [5.74, 6) is -0.512. The van der Waals surface area contributed by atoms with Crippen molar-refractivity contribution in [3.8, 4) is 5.75 Å². The van der Waals surface area contributed by atoms with E-state index in [1.165, 1.54) is 23.5 Å². The van der Waals surface area contributed by atoms with E-state index in [0.717, 1.165) is 37.8 Å². The molecule has 1 saturated carbocycles. The Labute approximate surface area is 176 Å². The molecule has 11 heteroatoms. The molecular weight excluding hydrogens is 415 g/mol. The molecule has 1 fully saturated rings. The first-order valence-corrected chi connectivity index (χ1v) is 10.2. The molecule has 8 nitrogen and oxygen atoms in total. The molecule has 0 unspecified atom stereocenters. The molecule has 1 N–H and O–H groups in total. The van der Waals surface area contributed by atoms with Crippen LogP contribution in [-0.4, -0.2) is 50.4 Å². The summed E-state index contributed by atoms with van der Waals surface area (Å²) >= 11 is 0. The lowest BCUT2D eigenvalue weighted by atomic mass is 9.95. The molecule has 2 aromatic rings. The van der Waals surface area contributed by atoms with E-state index < -0.39 is 18.0 Å². The number of aromatic nitrogens is 3. The van der Waals surface area contributed by atoms with Crippen LogP contribution in [0.2, 0.25) is 0 Å². The van der Waals surface area contributed by atoms with Gasteiger partial charge in [-0.05, 0) is 31.0 Å². The van der Waals surface area contributed by atoms with E-state index in [0.29, 0.717) is 12.4 Å².